The number of amides is 1. The van der Waals surface area contributed by atoms with Crippen LogP contribution in [-0.2, 0) is 6.54 Å². The molecule has 7 heteroatoms. The van der Waals surface area contributed by atoms with Gasteiger partial charge in [0, 0.05) is 38.8 Å². The monoisotopic (exact) mass is 428 g/mol. The molecule has 1 aromatic carbocycles. The van der Waals surface area contributed by atoms with E-state index in [-0.39, 0.29) is 18.3 Å². The average Bonchev–Trinajstić information content (AvgIpc) is 3.58. The molecule has 4 rings (SSSR count). The Morgan fingerprint density at radius 3 is 2.67 bits per heavy atom. The Bertz CT molecular complexity index is 910. The first-order chi connectivity index (χ1) is 14.5. The minimum Gasteiger partial charge on any atom is -0.354 e. The zero-order valence-electron chi connectivity index (χ0n) is 17.7. The molecule has 0 atom stereocenters. The number of nitrogens with one attached hydrogen (secondary N) is 1. The van der Waals surface area contributed by atoms with Crippen molar-refractivity contribution in [3.63, 3.8) is 0 Å². The third kappa shape index (κ3) is 4.95. The number of hydrogen-bond donors (Lipinski definition) is 1. The molecule has 2 aromatic rings. The van der Waals surface area contributed by atoms with Gasteiger partial charge >= 0.3 is 0 Å². The summed E-state index contributed by atoms with van der Waals surface area (Å²) in [6.45, 7) is 8.44. The van der Waals surface area contributed by atoms with Crippen molar-refractivity contribution >= 4 is 23.5 Å². The van der Waals surface area contributed by atoms with Gasteiger partial charge in [-0.3, -0.25) is 9.69 Å². The highest BCUT2D eigenvalue weighted by molar-refractivity contribution is 7.99. The minimum absolute atomic E-state index is 0.162. The van der Waals surface area contributed by atoms with Gasteiger partial charge in [-0.1, -0.05) is 19.1 Å². The van der Waals surface area contributed by atoms with Gasteiger partial charge in [0.2, 0.25) is 0 Å². The zero-order chi connectivity index (χ0) is 21.1. The SMILES string of the molecule is CCSc1nc(N2CCN(C3CC3)CC2)cc(C)c1C(=O)NCc1cccc(F)c1. The van der Waals surface area contributed by atoms with Crippen LogP contribution in [0.25, 0.3) is 0 Å². The third-order valence-electron chi connectivity index (χ3n) is 5.72. The van der Waals surface area contributed by atoms with Crippen LogP contribution in [0.15, 0.2) is 35.4 Å². The molecule has 1 N–H and O–H groups in total. The highest BCUT2D eigenvalue weighted by atomic mass is 32.2. The molecule has 2 fully saturated rings. The zero-order valence-corrected chi connectivity index (χ0v) is 18.5. The number of carbonyl (C=O) groups is 1. The maximum absolute atomic E-state index is 13.4. The van der Waals surface area contributed by atoms with Gasteiger partial charge in [0.25, 0.3) is 5.91 Å². The predicted octanol–water partition coefficient (Wildman–Crippen LogP) is 3.86. The fourth-order valence-electron chi connectivity index (χ4n) is 3.98. The van der Waals surface area contributed by atoms with Crippen LogP contribution in [0, 0.1) is 12.7 Å². The molecule has 2 heterocycles. The molecular formula is C23H29FN4OS. The van der Waals surface area contributed by atoms with Crippen LogP contribution in [0.1, 0.15) is 41.3 Å². The molecular weight excluding hydrogens is 399 g/mol. The Kier molecular flexibility index (Phi) is 6.58. The van der Waals surface area contributed by atoms with E-state index < -0.39 is 0 Å². The molecule has 30 heavy (non-hydrogen) atoms. The van der Waals surface area contributed by atoms with Crippen LogP contribution in [0.3, 0.4) is 0 Å². The summed E-state index contributed by atoms with van der Waals surface area (Å²) in [6.07, 6.45) is 2.68. The van der Waals surface area contributed by atoms with Crippen LogP contribution in [0.4, 0.5) is 10.2 Å². The second kappa shape index (κ2) is 9.35. The van der Waals surface area contributed by atoms with E-state index in [0.717, 1.165) is 59.9 Å². The van der Waals surface area contributed by atoms with Gasteiger partial charge in [-0.2, -0.15) is 0 Å². The Labute approximate surface area is 182 Å². The molecule has 0 unspecified atom stereocenters. The van der Waals surface area contributed by atoms with E-state index in [1.165, 1.54) is 25.0 Å². The van der Waals surface area contributed by atoms with Gasteiger partial charge in [-0.05, 0) is 54.8 Å². The summed E-state index contributed by atoms with van der Waals surface area (Å²) in [4.78, 5) is 22.7. The normalized spacial score (nSPS) is 17.2. The Balaban J connectivity index is 1.48. The van der Waals surface area contributed by atoms with Crippen LogP contribution < -0.4 is 10.2 Å². The number of aromatic nitrogens is 1. The second-order valence-electron chi connectivity index (χ2n) is 7.98. The smallest absolute Gasteiger partial charge is 0.254 e. The summed E-state index contributed by atoms with van der Waals surface area (Å²) in [5.74, 6) is 1.34. The van der Waals surface area contributed by atoms with Crippen molar-refractivity contribution < 1.29 is 9.18 Å². The largest absolute Gasteiger partial charge is 0.354 e. The lowest BCUT2D eigenvalue weighted by molar-refractivity contribution is 0.0946. The first-order valence-electron chi connectivity index (χ1n) is 10.7. The molecule has 5 nitrogen and oxygen atoms in total. The standard InChI is InChI=1S/C23H29FN4OS/c1-3-30-23-21(22(29)25-15-17-5-4-6-18(24)14-17)16(2)13-20(26-23)28-11-9-27(10-12-28)19-7-8-19/h4-6,13-14,19H,3,7-12,15H2,1-2H3,(H,25,29). The van der Waals surface area contributed by atoms with Crippen molar-refractivity contribution in [1.29, 1.82) is 0 Å². The molecule has 2 aliphatic rings. The number of thioether (sulfide) groups is 1. The van der Waals surface area contributed by atoms with Crippen molar-refractivity contribution in [2.75, 3.05) is 36.8 Å². The first kappa shape index (κ1) is 21.1. The quantitative estimate of drug-likeness (QED) is 0.679. The first-order valence-corrected chi connectivity index (χ1v) is 11.7. The molecule has 1 saturated heterocycles. The van der Waals surface area contributed by atoms with Crippen LogP contribution >= 0.6 is 11.8 Å². The molecule has 1 aliphatic carbocycles. The molecule has 1 aromatic heterocycles. The summed E-state index contributed by atoms with van der Waals surface area (Å²) in [5.41, 5.74) is 2.29. The molecule has 0 spiro atoms. The number of rotatable bonds is 7. The maximum atomic E-state index is 13.4. The number of piperazine rings is 1. The number of nitrogens with zero attached hydrogens (tertiary/aromatic N) is 3. The Morgan fingerprint density at radius 1 is 1.23 bits per heavy atom. The lowest BCUT2D eigenvalue weighted by Crippen LogP contribution is -2.47. The Hall–Kier alpha value is -2.12. The van der Waals surface area contributed by atoms with E-state index in [1.807, 2.05) is 13.0 Å². The van der Waals surface area contributed by atoms with E-state index in [2.05, 4.69) is 22.0 Å². The number of anilines is 1. The van der Waals surface area contributed by atoms with Gasteiger partial charge in [0.05, 0.1) is 5.56 Å². The van der Waals surface area contributed by atoms with E-state index in [0.29, 0.717) is 5.56 Å². The highest BCUT2D eigenvalue weighted by Crippen LogP contribution is 2.30. The summed E-state index contributed by atoms with van der Waals surface area (Å²) in [7, 11) is 0. The number of aryl methyl sites for hydroxylation is 1. The number of benzene rings is 1. The topological polar surface area (TPSA) is 48.5 Å². The molecule has 0 radical (unpaired) electrons. The lowest BCUT2D eigenvalue weighted by atomic mass is 10.1. The minimum atomic E-state index is -0.298. The molecule has 1 amide bonds. The Morgan fingerprint density at radius 2 is 2.00 bits per heavy atom. The van der Waals surface area contributed by atoms with E-state index in [4.69, 9.17) is 4.98 Å². The van der Waals surface area contributed by atoms with E-state index in [9.17, 15) is 9.18 Å². The number of hydrogen-bond acceptors (Lipinski definition) is 5. The predicted molar refractivity (Wildman–Crippen MR) is 120 cm³/mol. The van der Waals surface area contributed by atoms with Crippen LogP contribution in [0.5, 0.6) is 0 Å². The van der Waals surface area contributed by atoms with Crippen molar-refractivity contribution in [2.45, 2.75) is 44.3 Å². The van der Waals surface area contributed by atoms with E-state index >= 15 is 0 Å². The van der Waals surface area contributed by atoms with Gasteiger partial charge in [0.1, 0.15) is 16.7 Å². The van der Waals surface area contributed by atoms with Gasteiger partial charge < -0.3 is 10.2 Å². The van der Waals surface area contributed by atoms with Crippen molar-refractivity contribution in [2.24, 2.45) is 0 Å². The summed E-state index contributed by atoms with van der Waals surface area (Å²) in [6, 6.07) is 9.14. The van der Waals surface area contributed by atoms with Crippen molar-refractivity contribution in [3.8, 4) is 0 Å². The third-order valence-corrected chi connectivity index (χ3v) is 6.58. The molecule has 1 aliphatic heterocycles. The fraction of sp³-hybridized carbons (Fsp3) is 0.478. The lowest BCUT2D eigenvalue weighted by Gasteiger charge is -2.36. The summed E-state index contributed by atoms with van der Waals surface area (Å²) < 4.78 is 13.4. The van der Waals surface area contributed by atoms with Gasteiger partial charge in [-0.15, -0.1) is 11.8 Å². The van der Waals surface area contributed by atoms with Crippen LogP contribution in [-0.4, -0.2) is 53.8 Å². The number of pyridine rings is 1. The fourth-order valence-corrected chi connectivity index (χ4v) is 4.81. The number of halogens is 1. The van der Waals surface area contributed by atoms with Crippen molar-refractivity contribution in [3.05, 3.63) is 52.8 Å². The van der Waals surface area contributed by atoms with Gasteiger partial charge in [0.15, 0.2) is 0 Å². The van der Waals surface area contributed by atoms with Crippen molar-refractivity contribution in [1.82, 2.24) is 15.2 Å². The summed E-state index contributed by atoms with van der Waals surface area (Å²) >= 11 is 1.59. The second-order valence-corrected chi connectivity index (χ2v) is 9.23. The molecule has 0 bridgehead atoms. The maximum Gasteiger partial charge on any atom is 0.254 e. The summed E-state index contributed by atoms with van der Waals surface area (Å²) in [5, 5.41) is 3.70. The van der Waals surface area contributed by atoms with E-state index in [1.54, 1.807) is 23.9 Å². The molecule has 1 saturated carbocycles. The number of carbonyl (C=O) groups excluding carboxylic acids is 1. The molecule has 160 valence electrons. The van der Waals surface area contributed by atoms with Gasteiger partial charge in [-0.25, -0.2) is 9.37 Å². The average molecular weight is 429 g/mol. The highest BCUT2D eigenvalue weighted by Gasteiger charge is 2.31. The van der Waals surface area contributed by atoms with Crippen LogP contribution in [0.2, 0.25) is 0 Å².